The van der Waals surface area contributed by atoms with E-state index in [0.717, 1.165) is 10.6 Å². The summed E-state index contributed by atoms with van der Waals surface area (Å²) in [5, 5.41) is 12.3. The zero-order chi connectivity index (χ0) is 16.8. The van der Waals surface area contributed by atoms with Crippen molar-refractivity contribution in [1.82, 2.24) is 20.1 Å². The number of carbonyl (C=O) groups is 1. The Bertz CT molecular complexity index is 723. The number of hydrogen-bond donors (Lipinski definition) is 3. The minimum atomic E-state index is -0.276. The number of aromatic nitrogens is 3. The molecule has 7 nitrogen and oxygen atoms in total. The van der Waals surface area contributed by atoms with Crippen molar-refractivity contribution in [2.45, 2.75) is 30.4 Å². The van der Waals surface area contributed by atoms with Gasteiger partial charge < -0.3 is 10.6 Å². The van der Waals surface area contributed by atoms with Crippen LogP contribution in [0.25, 0.3) is 0 Å². The molecule has 0 saturated carbocycles. The summed E-state index contributed by atoms with van der Waals surface area (Å²) in [6.07, 6.45) is 0.477. The number of hydrogen-bond acceptors (Lipinski definition) is 4. The van der Waals surface area contributed by atoms with Crippen LogP contribution in [0.1, 0.15) is 19.7 Å². The SMILES string of the molecule is CC(C)Sc1ccccc1NC(=O)NCCc1n[nH]c(=O)n1C. The second kappa shape index (κ2) is 7.87. The molecule has 0 radical (unpaired) electrons. The quantitative estimate of drug-likeness (QED) is 0.704. The van der Waals surface area contributed by atoms with Crippen molar-refractivity contribution >= 4 is 23.5 Å². The Balaban J connectivity index is 1.88. The fourth-order valence-electron chi connectivity index (χ4n) is 1.98. The van der Waals surface area contributed by atoms with Crippen LogP contribution in [0.3, 0.4) is 0 Å². The number of H-pyrrole nitrogens is 1. The Morgan fingerprint density at radius 1 is 1.39 bits per heavy atom. The van der Waals surface area contributed by atoms with Crippen molar-refractivity contribution in [3.63, 3.8) is 0 Å². The van der Waals surface area contributed by atoms with Crippen molar-refractivity contribution in [3.05, 3.63) is 40.6 Å². The maximum Gasteiger partial charge on any atom is 0.343 e. The summed E-state index contributed by atoms with van der Waals surface area (Å²) in [5.41, 5.74) is 0.528. The van der Waals surface area contributed by atoms with Crippen molar-refractivity contribution in [2.24, 2.45) is 7.05 Å². The molecule has 0 aliphatic heterocycles. The minimum absolute atomic E-state index is 0.260. The van der Waals surface area contributed by atoms with Gasteiger partial charge in [0.2, 0.25) is 0 Å². The maximum atomic E-state index is 12.0. The Morgan fingerprint density at radius 2 is 2.13 bits per heavy atom. The van der Waals surface area contributed by atoms with Gasteiger partial charge in [-0.05, 0) is 12.1 Å². The lowest BCUT2D eigenvalue weighted by molar-refractivity contribution is 0.252. The minimum Gasteiger partial charge on any atom is -0.337 e. The fraction of sp³-hybridized carbons (Fsp3) is 0.400. The fourth-order valence-corrected chi connectivity index (χ4v) is 2.90. The zero-order valence-corrected chi connectivity index (χ0v) is 14.2. The zero-order valence-electron chi connectivity index (χ0n) is 13.4. The molecule has 0 spiro atoms. The number of urea groups is 1. The van der Waals surface area contributed by atoms with Gasteiger partial charge in [-0.2, -0.15) is 5.10 Å². The lowest BCUT2D eigenvalue weighted by Crippen LogP contribution is -2.31. The second-order valence-electron chi connectivity index (χ2n) is 5.30. The standard InChI is InChI=1S/C15H21N5O2S/c1-10(2)23-12-7-5-4-6-11(12)17-14(21)16-9-8-13-18-19-15(22)20(13)3/h4-7,10H,8-9H2,1-3H3,(H,19,22)(H2,16,17,21). The molecule has 124 valence electrons. The van der Waals surface area contributed by atoms with E-state index in [1.807, 2.05) is 24.3 Å². The van der Waals surface area contributed by atoms with Gasteiger partial charge in [0.25, 0.3) is 0 Å². The summed E-state index contributed by atoms with van der Waals surface area (Å²) in [6.45, 7) is 4.61. The van der Waals surface area contributed by atoms with E-state index in [-0.39, 0.29) is 11.7 Å². The van der Waals surface area contributed by atoms with Crippen LogP contribution >= 0.6 is 11.8 Å². The van der Waals surface area contributed by atoms with Gasteiger partial charge in [-0.15, -0.1) is 11.8 Å². The highest BCUT2D eigenvalue weighted by atomic mass is 32.2. The molecule has 3 N–H and O–H groups in total. The highest BCUT2D eigenvalue weighted by Gasteiger charge is 2.09. The van der Waals surface area contributed by atoms with E-state index in [9.17, 15) is 9.59 Å². The molecule has 0 aliphatic carbocycles. The largest absolute Gasteiger partial charge is 0.343 e. The summed E-state index contributed by atoms with van der Waals surface area (Å²) >= 11 is 1.70. The number of para-hydroxylation sites is 1. The molecule has 0 bridgehead atoms. The normalized spacial score (nSPS) is 10.8. The predicted molar refractivity (Wildman–Crippen MR) is 92.0 cm³/mol. The van der Waals surface area contributed by atoms with Crippen molar-refractivity contribution < 1.29 is 4.79 Å². The highest BCUT2D eigenvalue weighted by molar-refractivity contribution is 8.00. The smallest absolute Gasteiger partial charge is 0.337 e. The summed E-state index contributed by atoms with van der Waals surface area (Å²) in [4.78, 5) is 24.3. The van der Waals surface area contributed by atoms with Gasteiger partial charge in [-0.1, -0.05) is 26.0 Å². The number of thioether (sulfide) groups is 1. The number of carbonyl (C=O) groups excluding carboxylic acids is 1. The average Bonchev–Trinajstić information content (AvgIpc) is 2.81. The lowest BCUT2D eigenvalue weighted by Gasteiger charge is -2.13. The Morgan fingerprint density at radius 3 is 2.78 bits per heavy atom. The van der Waals surface area contributed by atoms with Crippen molar-refractivity contribution in [3.8, 4) is 0 Å². The number of aromatic amines is 1. The van der Waals surface area contributed by atoms with E-state index in [2.05, 4.69) is 34.7 Å². The van der Waals surface area contributed by atoms with Gasteiger partial charge in [0.1, 0.15) is 5.82 Å². The van der Waals surface area contributed by atoms with E-state index < -0.39 is 0 Å². The van der Waals surface area contributed by atoms with Crippen LogP contribution in [0, 0.1) is 0 Å². The first kappa shape index (κ1) is 17.1. The van der Waals surface area contributed by atoms with E-state index in [0.29, 0.717) is 24.0 Å². The van der Waals surface area contributed by atoms with Gasteiger partial charge >= 0.3 is 11.7 Å². The van der Waals surface area contributed by atoms with Crippen molar-refractivity contribution in [1.29, 1.82) is 0 Å². The number of benzene rings is 1. The summed E-state index contributed by atoms with van der Waals surface area (Å²) in [6, 6.07) is 7.43. The van der Waals surface area contributed by atoms with Crippen LogP contribution < -0.4 is 16.3 Å². The third kappa shape index (κ3) is 4.88. The molecule has 1 heterocycles. The van der Waals surface area contributed by atoms with E-state index in [1.54, 1.807) is 18.8 Å². The van der Waals surface area contributed by atoms with E-state index in [1.165, 1.54) is 4.57 Å². The molecule has 2 rings (SSSR count). The molecule has 0 fully saturated rings. The molecule has 1 aromatic carbocycles. The van der Waals surface area contributed by atoms with Crippen LogP contribution in [-0.4, -0.2) is 32.6 Å². The Labute approximate surface area is 138 Å². The number of anilines is 1. The molecular weight excluding hydrogens is 314 g/mol. The molecule has 0 unspecified atom stereocenters. The van der Waals surface area contributed by atoms with Gasteiger partial charge in [0.05, 0.1) is 5.69 Å². The molecular formula is C15H21N5O2S. The highest BCUT2D eigenvalue weighted by Crippen LogP contribution is 2.29. The number of rotatable bonds is 6. The summed E-state index contributed by atoms with van der Waals surface area (Å²) in [7, 11) is 1.64. The van der Waals surface area contributed by atoms with Crippen molar-refractivity contribution in [2.75, 3.05) is 11.9 Å². The average molecular weight is 335 g/mol. The third-order valence-electron chi connectivity index (χ3n) is 3.10. The predicted octanol–water partition coefficient (Wildman–Crippen LogP) is 1.97. The lowest BCUT2D eigenvalue weighted by atomic mass is 10.3. The number of amides is 2. The van der Waals surface area contributed by atoms with Crippen LogP contribution in [-0.2, 0) is 13.5 Å². The Kier molecular flexibility index (Phi) is 5.86. The first-order valence-electron chi connectivity index (χ1n) is 7.38. The van der Waals surface area contributed by atoms with Crippen LogP contribution in [0.2, 0.25) is 0 Å². The first-order chi connectivity index (χ1) is 11.0. The first-order valence-corrected chi connectivity index (χ1v) is 8.26. The van der Waals surface area contributed by atoms with Gasteiger partial charge in [-0.3, -0.25) is 4.57 Å². The molecule has 23 heavy (non-hydrogen) atoms. The summed E-state index contributed by atoms with van der Waals surface area (Å²) in [5.74, 6) is 0.603. The maximum absolute atomic E-state index is 12.0. The van der Waals surface area contributed by atoms with E-state index in [4.69, 9.17) is 0 Å². The van der Waals surface area contributed by atoms with Gasteiger partial charge in [0.15, 0.2) is 0 Å². The van der Waals surface area contributed by atoms with E-state index >= 15 is 0 Å². The molecule has 0 saturated heterocycles. The molecule has 0 aliphatic rings. The number of nitrogens with zero attached hydrogens (tertiary/aromatic N) is 2. The van der Waals surface area contributed by atoms with Gasteiger partial charge in [0, 0.05) is 30.2 Å². The Hall–Kier alpha value is -2.22. The monoisotopic (exact) mass is 335 g/mol. The van der Waals surface area contributed by atoms with Gasteiger partial charge in [-0.25, -0.2) is 14.7 Å². The summed E-state index contributed by atoms with van der Waals surface area (Å²) < 4.78 is 1.42. The van der Waals surface area contributed by atoms with Crippen LogP contribution in [0.5, 0.6) is 0 Å². The molecule has 1 aromatic heterocycles. The second-order valence-corrected chi connectivity index (χ2v) is 6.92. The molecule has 0 atom stereocenters. The van der Waals surface area contributed by atoms with Crippen LogP contribution in [0.4, 0.5) is 10.5 Å². The molecule has 8 heteroatoms. The number of nitrogens with one attached hydrogen (secondary N) is 3. The third-order valence-corrected chi connectivity index (χ3v) is 4.19. The molecule has 2 aromatic rings. The molecule has 2 amide bonds. The van der Waals surface area contributed by atoms with Crippen LogP contribution in [0.15, 0.2) is 34.0 Å². The topological polar surface area (TPSA) is 91.8 Å².